The Hall–Kier alpha value is -1.95. The smallest absolute Gasteiger partial charge is 0.257 e. The molecule has 2 aromatic rings. The highest BCUT2D eigenvalue weighted by molar-refractivity contribution is 7.09. The molecule has 6 heteroatoms. The van der Waals surface area contributed by atoms with Gasteiger partial charge in [-0.3, -0.25) is 0 Å². The van der Waals surface area contributed by atoms with Crippen LogP contribution in [-0.2, 0) is 0 Å². The Morgan fingerprint density at radius 1 is 1.31 bits per heavy atom. The number of nitrogens with zero attached hydrogens (tertiary/aromatic N) is 3. The van der Waals surface area contributed by atoms with Crippen molar-refractivity contribution in [3.63, 3.8) is 0 Å². The maximum atomic E-state index is 4.13. The van der Waals surface area contributed by atoms with E-state index in [9.17, 15) is 0 Å². The molecular weight excluding hydrogens is 222 g/mol. The number of hydrazone groups is 1. The number of aromatic nitrogens is 2. The van der Waals surface area contributed by atoms with Crippen LogP contribution in [0.1, 0.15) is 5.56 Å². The largest absolute Gasteiger partial charge is 0.363 e. The Kier molecular flexibility index (Phi) is 3.45. The molecule has 1 aromatic carbocycles. The SMILES string of the molecule is CNc1nc(N/N=C/c2ccccc2)ns1. The number of hydrogen-bond acceptors (Lipinski definition) is 6. The Bertz CT molecular complexity index is 465. The van der Waals surface area contributed by atoms with Crippen LogP contribution < -0.4 is 10.7 Å². The lowest BCUT2D eigenvalue weighted by Crippen LogP contribution is -1.93. The second kappa shape index (κ2) is 5.22. The van der Waals surface area contributed by atoms with Gasteiger partial charge in [0.05, 0.1) is 6.21 Å². The van der Waals surface area contributed by atoms with Gasteiger partial charge in [0, 0.05) is 18.6 Å². The predicted octanol–water partition coefficient (Wildman–Crippen LogP) is 2.03. The number of hydrogen-bond donors (Lipinski definition) is 2. The number of nitrogens with one attached hydrogen (secondary N) is 2. The Balaban J connectivity index is 1.94. The Labute approximate surface area is 97.4 Å². The number of rotatable bonds is 4. The summed E-state index contributed by atoms with van der Waals surface area (Å²) in [5.41, 5.74) is 3.79. The standard InChI is InChI=1S/C10H11N5S/c1-11-10-13-9(15-16-10)14-12-7-8-5-3-2-4-6-8/h2-7H,1H3,(H2,11,13,14,15)/b12-7+. The van der Waals surface area contributed by atoms with E-state index in [1.807, 2.05) is 30.3 Å². The van der Waals surface area contributed by atoms with E-state index in [-0.39, 0.29) is 0 Å². The molecular formula is C10H11N5S. The van der Waals surface area contributed by atoms with E-state index < -0.39 is 0 Å². The summed E-state index contributed by atoms with van der Waals surface area (Å²) in [4.78, 5) is 4.13. The number of anilines is 2. The van der Waals surface area contributed by atoms with Crippen LogP contribution in [0.25, 0.3) is 0 Å². The van der Waals surface area contributed by atoms with E-state index in [2.05, 4.69) is 25.2 Å². The summed E-state index contributed by atoms with van der Waals surface area (Å²) in [5.74, 6) is 0.501. The number of benzene rings is 1. The molecule has 16 heavy (non-hydrogen) atoms. The average Bonchev–Trinajstić information content (AvgIpc) is 2.78. The molecule has 0 spiro atoms. The first-order valence-corrected chi connectivity index (χ1v) is 5.51. The molecule has 0 aliphatic carbocycles. The molecule has 0 amide bonds. The van der Waals surface area contributed by atoms with Crippen molar-refractivity contribution in [3.8, 4) is 0 Å². The maximum absolute atomic E-state index is 4.13. The van der Waals surface area contributed by atoms with Crippen LogP contribution in [0.2, 0.25) is 0 Å². The highest BCUT2D eigenvalue weighted by Gasteiger charge is 1.98. The van der Waals surface area contributed by atoms with Crippen LogP contribution in [-0.4, -0.2) is 22.6 Å². The molecule has 2 rings (SSSR count). The summed E-state index contributed by atoms with van der Waals surface area (Å²) in [7, 11) is 1.80. The quantitative estimate of drug-likeness (QED) is 0.626. The van der Waals surface area contributed by atoms with Gasteiger partial charge in [0.15, 0.2) is 0 Å². The molecule has 0 atom stereocenters. The highest BCUT2D eigenvalue weighted by Crippen LogP contribution is 2.12. The van der Waals surface area contributed by atoms with E-state index in [4.69, 9.17) is 0 Å². The lowest BCUT2D eigenvalue weighted by molar-refractivity contribution is 1.21. The van der Waals surface area contributed by atoms with Gasteiger partial charge in [-0.25, -0.2) is 5.43 Å². The third-order valence-electron chi connectivity index (χ3n) is 1.82. The summed E-state index contributed by atoms with van der Waals surface area (Å²) in [6.07, 6.45) is 1.72. The predicted molar refractivity (Wildman–Crippen MR) is 67.1 cm³/mol. The third kappa shape index (κ3) is 2.77. The summed E-state index contributed by atoms with van der Waals surface area (Å²) in [5, 5.41) is 7.71. The third-order valence-corrected chi connectivity index (χ3v) is 2.55. The van der Waals surface area contributed by atoms with Crippen LogP contribution in [0.3, 0.4) is 0 Å². The lowest BCUT2D eigenvalue weighted by atomic mass is 10.2. The zero-order valence-corrected chi connectivity index (χ0v) is 9.53. The van der Waals surface area contributed by atoms with Crippen LogP contribution >= 0.6 is 11.5 Å². The summed E-state index contributed by atoms with van der Waals surface area (Å²) in [6.45, 7) is 0. The van der Waals surface area contributed by atoms with Gasteiger partial charge in [0.2, 0.25) is 5.13 Å². The molecule has 0 bridgehead atoms. The van der Waals surface area contributed by atoms with Crippen LogP contribution in [0, 0.1) is 0 Å². The molecule has 0 radical (unpaired) electrons. The van der Waals surface area contributed by atoms with Gasteiger partial charge in [-0.05, 0) is 5.56 Å². The second-order valence-corrected chi connectivity index (χ2v) is 3.71. The van der Waals surface area contributed by atoms with Gasteiger partial charge in [-0.15, -0.1) is 4.37 Å². The van der Waals surface area contributed by atoms with Crippen molar-refractivity contribution in [1.82, 2.24) is 9.36 Å². The average molecular weight is 233 g/mol. The van der Waals surface area contributed by atoms with Crippen LogP contribution in [0.15, 0.2) is 35.4 Å². The minimum absolute atomic E-state index is 0.501. The molecule has 82 valence electrons. The minimum atomic E-state index is 0.501. The van der Waals surface area contributed by atoms with Gasteiger partial charge in [0.25, 0.3) is 5.95 Å². The van der Waals surface area contributed by atoms with E-state index in [0.717, 1.165) is 10.7 Å². The van der Waals surface area contributed by atoms with Crippen molar-refractivity contribution in [3.05, 3.63) is 35.9 Å². The van der Waals surface area contributed by atoms with Gasteiger partial charge >= 0.3 is 0 Å². The molecule has 1 aromatic heterocycles. The summed E-state index contributed by atoms with van der Waals surface area (Å²) in [6, 6.07) is 9.83. The van der Waals surface area contributed by atoms with E-state index >= 15 is 0 Å². The molecule has 0 aliphatic heterocycles. The first-order valence-electron chi connectivity index (χ1n) is 4.74. The van der Waals surface area contributed by atoms with Crippen molar-refractivity contribution in [2.24, 2.45) is 5.10 Å². The molecule has 0 aliphatic rings. The van der Waals surface area contributed by atoms with Crippen molar-refractivity contribution in [2.45, 2.75) is 0 Å². The fourth-order valence-corrected chi connectivity index (χ4v) is 1.55. The summed E-state index contributed by atoms with van der Waals surface area (Å²) < 4.78 is 4.06. The van der Waals surface area contributed by atoms with Gasteiger partial charge < -0.3 is 5.32 Å². The normalized spacial score (nSPS) is 10.6. The van der Waals surface area contributed by atoms with Crippen LogP contribution in [0.4, 0.5) is 11.1 Å². The molecule has 0 saturated heterocycles. The van der Waals surface area contributed by atoms with Gasteiger partial charge in [-0.1, -0.05) is 30.3 Å². The fourth-order valence-electron chi connectivity index (χ4n) is 1.07. The van der Waals surface area contributed by atoms with Gasteiger partial charge in [0.1, 0.15) is 0 Å². The molecule has 5 nitrogen and oxygen atoms in total. The highest BCUT2D eigenvalue weighted by atomic mass is 32.1. The second-order valence-electron chi connectivity index (χ2n) is 2.95. The zero-order valence-electron chi connectivity index (χ0n) is 8.71. The van der Waals surface area contributed by atoms with E-state index in [1.54, 1.807) is 13.3 Å². The Morgan fingerprint density at radius 3 is 2.81 bits per heavy atom. The molecule has 2 N–H and O–H groups in total. The monoisotopic (exact) mass is 233 g/mol. The molecule has 1 heterocycles. The molecule has 0 saturated carbocycles. The zero-order chi connectivity index (χ0) is 11.2. The fraction of sp³-hybridized carbons (Fsp3) is 0.100. The van der Waals surface area contributed by atoms with E-state index in [0.29, 0.717) is 5.95 Å². The summed E-state index contributed by atoms with van der Waals surface area (Å²) >= 11 is 1.29. The van der Waals surface area contributed by atoms with Crippen molar-refractivity contribution < 1.29 is 0 Å². The van der Waals surface area contributed by atoms with Crippen molar-refractivity contribution in [1.29, 1.82) is 0 Å². The minimum Gasteiger partial charge on any atom is -0.363 e. The first-order chi connectivity index (χ1) is 7.88. The Morgan fingerprint density at radius 2 is 2.12 bits per heavy atom. The van der Waals surface area contributed by atoms with Crippen molar-refractivity contribution >= 4 is 28.8 Å². The topological polar surface area (TPSA) is 62.2 Å². The first kappa shape index (κ1) is 10.6. The van der Waals surface area contributed by atoms with Crippen molar-refractivity contribution in [2.75, 3.05) is 17.8 Å². The van der Waals surface area contributed by atoms with Crippen LogP contribution in [0.5, 0.6) is 0 Å². The lowest BCUT2D eigenvalue weighted by Gasteiger charge is -1.92. The van der Waals surface area contributed by atoms with E-state index in [1.165, 1.54) is 11.5 Å². The van der Waals surface area contributed by atoms with Gasteiger partial charge in [-0.2, -0.15) is 10.1 Å². The molecule has 0 fully saturated rings. The maximum Gasteiger partial charge on any atom is 0.257 e. The molecule has 0 unspecified atom stereocenters.